The second kappa shape index (κ2) is 8.10. The predicted octanol–water partition coefficient (Wildman–Crippen LogP) is 4.14. The number of carbonyl (C=O) groups excluding carboxylic acids is 1. The van der Waals surface area contributed by atoms with Gasteiger partial charge in [-0.1, -0.05) is 30.7 Å². The summed E-state index contributed by atoms with van der Waals surface area (Å²) >= 11 is 6.01. The lowest BCUT2D eigenvalue weighted by Gasteiger charge is -2.30. The summed E-state index contributed by atoms with van der Waals surface area (Å²) in [7, 11) is -3.69. The first kappa shape index (κ1) is 20.3. The number of hydrogen-bond donors (Lipinski definition) is 1. The van der Waals surface area contributed by atoms with Crippen molar-refractivity contribution in [3.8, 4) is 0 Å². The fourth-order valence-corrected chi connectivity index (χ4v) is 4.33. The van der Waals surface area contributed by atoms with Gasteiger partial charge in [0.2, 0.25) is 15.9 Å². The van der Waals surface area contributed by atoms with E-state index in [0.717, 1.165) is 21.7 Å². The van der Waals surface area contributed by atoms with E-state index in [1.807, 2.05) is 32.0 Å². The first-order chi connectivity index (χ1) is 12.1. The third kappa shape index (κ3) is 4.99. The molecule has 7 heteroatoms. The Balaban J connectivity index is 2.39. The molecule has 0 aliphatic heterocycles. The number of nitrogens with zero attached hydrogens (tertiary/aromatic N) is 1. The largest absolute Gasteiger partial charge is 0.324 e. The number of aryl methyl sites for hydroxylation is 2. The van der Waals surface area contributed by atoms with E-state index in [2.05, 4.69) is 5.32 Å². The Hall–Kier alpha value is -2.05. The highest BCUT2D eigenvalue weighted by atomic mass is 35.5. The molecular weight excluding hydrogens is 372 g/mol. The van der Waals surface area contributed by atoms with Crippen LogP contribution in [0.3, 0.4) is 0 Å². The molecule has 0 aromatic heterocycles. The van der Waals surface area contributed by atoms with Crippen molar-refractivity contribution in [1.29, 1.82) is 0 Å². The minimum Gasteiger partial charge on any atom is -0.324 e. The summed E-state index contributed by atoms with van der Waals surface area (Å²) in [5.41, 5.74) is 3.04. The van der Waals surface area contributed by atoms with Crippen molar-refractivity contribution in [3.05, 3.63) is 58.6 Å². The van der Waals surface area contributed by atoms with Crippen LogP contribution in [0.2, 0.25) is 5.02 Å². The van der Waals surface area contributed by atoms with E-state index in [0.29, 0.717) is 22.8 Å². The molecule has 2 aromatic carbocycles. The number of nitrogens with one attached hydrogen (secondary N) is 1. The quantitative estimate of drug-likeness (QED) is 0.800. The van der Waals surface area contributed by atoms with Gasteiger partial charge in [-0.05, 0) is 61.7 Å². The number of sulfonamides is 1. The zero-order chi connectivity index (χ0) is 19.5. The first-order valence-electron chi connectivity index (χ1n) is 8.26. The van der Waals surface area contributed by atoms with Crippen molar-refractivity contribution in [1.82, 2.24) is 0 Å². The topological polar surface area (TPSA) is 66.5 Å². The zero-order valence-corrected chi connectivity index (χ0v) is 16.9. The van der Waals surface area contributed by atoms with Gasteiger partial charge >= 0.3 is 0 Å². The summed E-state index contributed by atoms with van der Waals surface area (Å²) in [6, 6.07) is 11.3. The van der Waals surface area contributed by atoms with Crippen LogP contribution in [-0.2, 0) is 14.8 Å². The van der Waals surface area contributed by atoms with Gasteiger partial charge in [0.15, 0.2) is 0 Å². The molecular formula is C19H23ClN2O3S. The molecule has 2 aromatic rings. The third-order valence-corrected chi connectivity index (χ3v) is 5.30. The molecule has 0 aliphatic carbocycles. The average Bonchev–Trinajstić information content (AvgIpc) is 2.49. The second-order valence-corrected chi connectivity index (χ2v) is 8.62. The number of amides is 1. The molecule has 2 rings (SSSR count). The highest BCUT2D eigenvalue weighted by molar-refractivity contribution is 7.92. The Morgan fingerprint density at radius 3 is 2.27 bits per heavy atom. The van der Waals surface area contributed by atoms with Crippen LogP contribution in [-0.4, -0.2) is 26.6 Å². The van der Waals surface area contributed by atoms with Crippen molar-refractivity contribution in [2.24, 2.45) is 0 Å². The number of hydrogen-bond acceptors (Lipinski definition) is 3. The van der Waals surface area contributed by atoms with Crippen LogP contribution in [0, 0.1) is 13.8 Å². The maximum Gasteiger partial charge on any atom is 0.248 e. The summed E-state index contributed by atoms with van der Waals surface area (Å²) in [5, 5.41) is 3.24. The Bertz CT molecular complexity index is 893. The van der Waals surface area contributed by atoms with Crippen LogP contribution < -0.4 is 9.62 Å². The standard InChI is InChI=1S/C19H23ClN2O3S/c1-5-18(19(23)21-16-10-13(2)9-14(3)11-16)22(26(4,24)25)17-8-6-7-15(20)12-17/h6-12,18H,5H2,1-4H3,(H,21,23). The van der Waals surface area contributed by atoms with E-state index in [4.69, 9.17) is 11.6 Å². The predicted molar refractivity (Wildman–Crippen MR) is 107 cm³/mol. The molecule has 1 atom stereocenters. The minimum atomic E-state index is -3.69. The number of benzene rings is 2. The van der Waals surface area contributed by atoms with Crippen molar-refractivity contribution < 1.29 is 13.2 Å². The fraction of sp³-hybridized carbons (Fsp3) is 0.316. The molecule has 0 fully saturated rings. The molecule has 0 bridgehead atoms. The lowest BCUT2D eigenvalue weighted by Crippen LogP contribution is -2.47. The molecule has 26 heavy (non-hydrogen) atoms. The van der Waals surface area contributed by atoms with E-state index in [1.165, 1.54) is 6.07 Å². The van der Waals surface area contributed by atoms with Crippen molar-refractivity contribution in [2.45, 2.75) is 33.2 Å². The minimum absolute atomic E-state index is 0.316. The van der Waals surface area contributed by atoms with E-state index in [9.17, 15) is 13.2 Å². The summed E-state index contributed by atoms with van der Waals surface area (Å²) in [4.78, 5) is 12.9. The molecule has 0 radical (unpaired) electrons. The van der Waals surface area contributed by atoms with Gasteiger partial charge in [-0.15, -0.1) is 0 Å². The molecule has 0 spiro atoms. The van der Waals surface area contributed by atoms with Crippen molar-refractivity contribution in [2.75, 3.05) is 15.9 Å². The van der Waals surface area contributed by atoms with Gasteiger partial charge in [0, 0.05) is 10.7 Å². The summed E-state index contributed by atoms with van der Waals surface area (Å²) in [6.45, 7) is 5.65. The van der Waals surface area contributed by atoms with Crippen LogP contribution in [0.4, 0.5) is 11.4 Å². The molecule has 140 valence electrons. The lowest BCUT2D eigenvalue weighted by molar-refractivity contribution is -0.117. The highest BCUT2D eigenvalue weighted by Gasteiger charge is 2.31. The molecule has 1 N–H and O–H groups in total. The Labute approximate surface area is 160 Å². The van der Waals surface area contributed by atoms with Crippen LogP contribution in [0.1, 0.15) is 24.5 Å². The maximum absolute atomic E-state index is 12.9. The van der Waals surface area contributed by atoms with Gasteiger partial charge in [0.1, 0.15) is 6.04 Å². The van der Waals surface area contributed by atoms with E-state index in [1.54, 1.807) is 25.1 Å². The number of rotatable bonds is 6. The van der Waals surface area contributed by atoms with Crippen molar-refractivity contribution >= 4 is 38.9 Å². The molecule has 0 aliphatic rings. The van der Waals surface area contributed by atoms with Gasteiger partial charge in [-0.25, -0.2) is 8.42 Å². The number of anilines is 2. The summed E-state index contributed by atoms with van der Waals surface area (Å²) < 4.78 is 25.9. The smallest absolute Gasteiger partial charge is 0.248 e. The molecule has 1 unspecified atom stereocenters. The van der Waals surface area contributed by atoms with E-state index >= 15 is 0 Å². The fourth-order valence-electron chi connectivity index (χ4n) is 2.95. The number of halogens is 1. The van der Waals surface area contributed by atoms with Gasteiger partial charge < -0.3 is 5.32 Å². The van der Waals surface area contributed by atoms with Crippen LogP contribution >= 0.6 is 11.6 Å². The second-order valence-electron chi connectivity index (χ2n) is 6.33. The molecule has 0 heterocycles. The molecule has 1 amide bonds. The lowest BCUT2D eigenvalue weighted by atomic mass is 10.1. The van der Waals surface area contributed by atoms with Gasteiger partial charge in [-0.3, -0.25) is 9.10 Å². The van der Waals surface area contributed by atoms with Gasteiger partial charge in [0.05, 0.1) is 11.9 Å². The Kier molecular flexibility index (Phi) is 6.31. The van der Waals surface area contributed by atoms with Crippen LogP contribution in [0.25, 0.3) is 0 Å². The van der Waals surface area contributed by atoms with Crippen LogP contribution in [0.5, 0.6) is 0 Å². The Morgan fingerprint density at radius 2 is 1.77 bits per heavy atom. The maximum atomic E-state index is 12.9. The molecule has 0 saturated carbocycles. The molecule has 5 nitrogen and oxygen atoms in total. The summed E-state index contributed by atoms with van der Waals surface area (Å²) in [6.07, 6.45) is 1.40. The van der Waals surface area contributed by atoms with E-state index in [-0.39, 0.29) is 5.91 Å². The third-order valence-electron chi connectivity index (χ3n) is 3.88. The monoisotopic (exact) mass is 394 g/mol. The highest BCUT2D eigenvalue weighted by Crippen LogP contribution is 2.26. The summed E-state index contributed by atoms with van der Waals surface area (Å²) in [5.74, 6) is -0.386. The molecule has 0 saturated heterocycles. The van der Waals surface area contributed by atoms with Crippen LogP contribution in [0.15, 0.2) is 42.5 Å². The van der Waals surface area contributed by atoms with E-state index < -0.39 is 16.1 Å². The zero-order valence-electron chi connectivity index (χ0n) is 15.3. The van der Waals surface area contributed by atoms with Crippen molar-refractivity contribution in [3.63, 3.8) is 0 Å². The van der Waals surface area contributed by atoms with Gasteiger partial charge in [-0.2, -0.15) is 0 Å². The first-order valence-corrected chi connectivity index (χ1v) is 10.5. The Morgan fingerprint density at radius 1 is 1.15 bits per heavy atom. The van der Waals surface area contributed by atoms with Gasteiger partial charge in [0.25, 0.3) is 0 Å². The SMILES string of the molecule is CCC(C(=O)Nc1cc(C)cc(C)c1)N(c1cccc(Cl)c1)S(C)(=O)=O. The number of carbonyl (C=O) groups is 1. The average molecular weight is 395 g/mol. The normalized spacial score (nSPS) is 12.5.